The van der Waals surface area contributed by atoms with Gasteiger partial charge in [0.2, 0.25) is 18.3 Å². The van der Waals surface area contributed by atoms with Crippen molar-refractivity contribution in [3.8, 4) is 17.2 Å². The smallest absolute Gasteiger partial charge is 0.257 e. The van der Waals surface area contributed by atoms with E-state index in [0.717, 1.165) is 15.6 Å². The molecule has 2 aromatic carbocycles. The molecule has 0 saturated carbocycles. The number of halogens is 2. The van der Waals surface area contributed by atoms with Crippen LogP contribution in [0.4, 0.5) is 5.69 Å². The monoisotopic (exact) mass is 569 g/mol. The number of hydrogen-bond donors (Lipinski definition) is 1. The number of fused-ring (bicyclic) bond motifs is 2. The van der Waals surface area contributed by atoms with Crippen LogP contribution in [-0.4, -0.2) is 49.1 Å². The van der Waals surface area contributed by atoms with Crippen molar-refractivity contribution in [3.63, 3.8) is 0 Å². The number of rotatable bonds is 5. The van der Waals surface area contributed by atoms with Gasteiger partial charge in [-0.3, -0.25) is 9.59 Å². The maximum atomic E-state index is 13.7. The number of Topliss-reactive ketones (excluding diaryl/α,β-unsaturated/α-hetero) is 1. The molecule has 36 heavy (non-hydrogen) atoms. The Labute approximate surface area is 220 Å². The van der Waals surface area contributed by atoms with Crippen LogP contribution in [0.1, 0.15) is 31.8 Å². The molecule has 0 fully saturated rings. The molecule has 1 N–H and O–H groups in total. The Morgan fingerprint density at radius 2 is 1.97 bits per heavy atom. The first-order valence-electron chi connectivity index (χ1n) is 11.1. The third kappa shape index (κ3) is 4.40. The number of carbonyl (C=O) groups is 2. The van der Waals surface area contributed by atoms with E-state index in [9.17, 15) is 9.59 Å². The van der Waals surface area contributed by atoms with Gasteiger partial charge in [0.05, 0.1) is 22.8 Å². The van der Waals surface area contributed by atoms with Crippen molar-refractivity contribution in [2.45, 2.75) is 6.42 Å². The number of hydrogen-bond acceptors (Lipinski definition) is 7. The summed E-state index contributed by atoms with van der Waals surface area (Å²) in [5.41, 5.74) is 3.51. The van der Waals surface area contributed by atoms with E-state index in [2.05, 4.69) is 26.2 Å². The number of ether oxygens (including phenoxy) is 3. The second-order valence-electron chi connectivity index (χ2n) is 8.24. The molecule has 0 spiro atoms. The SMILES string of the molecule is COc1c2c(c(Br)c3c1OCO3)CCN(C)C(C(=O)c1cccc(NC(=O)c3ccc(Cl)nc3)c1)=C2. The lowest BCUT2D eigenvalue weighted by Gasteiger charge is -2.20. The summed E-state index contributed by atoms with van der Waals surface area (Å²) in [6.07, 6.45) is 3.88. The molecule has 0 atom stereocenters. The van der Waals surface area contributed by atoms with E-state index in [0.29, 0.717) is 57.9 Å². The van der Waals surface area contributed by atoms with Crippen LogP contribution < -0.4 is 19.5 Å². The summed E-state index contributed by atoms with van der Waals surface area (Å²) in [5.74, 6) is 1.10. The van der Waals surface area contributed by atoms with Crippen LogP contribution in [0.15, 0.2) is 52.8 Å². The summed E-state index contributed by atoms with van der Waals surface area (Å²) in [5, 5.41) is 3.11. The van der Waals surface area contributed by atoms with Gasteiger partial charge in [-0.2, -0.15) is 0 Å². The molecular weight excluding hydrogens is 550 g/mol. The van der Waals surface area contributed by atoms with Crippen molar-refractivity contribution in [2.75, 3.05) is 32.8 Å². The molecule has 8 nitrogen and oxygen atoms in total. The Bertz CT molecular complexity index is 1410. The minimum atomic E-state index is -0.353. The summed E-state index contributed by atoms with van der Waals surface area (Å²) in [6, 6.07) is 9.94. The Morgan fingerprint density at radius 1 is 1.17 bits per heavy atom. The van der Waals surface area contributed by atoms with Gasteiger partial charge in [-0.25, -0.2) is 4.98 Å². The zero-order valence-corrected chi connectivity index (χ0v) is 21.8. The Balaban J connectivity index is 1.49. The van der Waals surface area contributed by atoms with E-state index in [1.165, 1.54) is 6.20 Å². The largest absolute Gasteiger partial charge is 0.492 e. The summed E-state index contributed by atoms with van der Waals surface area (Å²) in [7, 11) is 3.44. The van der Waals surface area contributed by atoms with Crippen molar-refractivity contribution in [1.82, 2.24) is 9.88 Å². The van der Waals surface area contributed by atoms with Gasteiger partial charge in [0, 0.05) is 36.6 Å². The highest BCUT2D eigenvalue weighted by Gasteiger charge is 2.31. The van der Waals surface area contributed by atoms with E-state index in [1.807, 2.05) is 18.0 Å². The molecule has 0 bridgehead atoms. The Morgan fingerprint density at radius 3 is 2.72 bits per heavy atom. The molecule has 2 aliphatic heterocycles. The minimum Gasteiger partial charge on any atom is -0.492 e. The average molecular weight is 571 g/mol. The van der Waals surface area contributed by atoms with Gasteiger partial charge in [-0.05, 0) is 58.3 Å². The topological polar surface area (TPSA) is 90.0 Å². The lowest BCUT2D eigenvalue weighted by atomic mass is 10.0. The number of allylic oxidation sites excluding steroid dienone is 1. The number of carbonyl (C=O) groups excluding carboxylic acids is 2. The molecule has 0 aliphatic carbocycles. The van der Waals surface area contributed by atoms with E-state index < -0.39 is 0 Å². The first-order chi connectivity index (χ1) is 17.4. The normalized spacial score (nSPS) is 14.0. The molecule has 2 aliphatic rings. The standard InChI is InChI=1S/C26H21BrClN3O5/c1-31-9-8-17-18(23(34-2)25-24(21(17)27)35-13-36-25)11-19(31)22(32)14-4-3-5-16(10-14)30-26(33)15-6-7-20(28)29-12-15/h3-7,10-12H,8-9,13H2,1-2H3,(H,30,33). The van der Waals surface area contributed by atoms with Crippen molar-refractivity contribution in [1.29, 1.82) is 0 Å². The van der Waals surface area contributed by atoms with Gasteiger partial charge >= 0.3 is 0 Å². The molecule has 5 rings (SSSR count). The van der Waals surface area contributed by atoms with Crippen LogP contribution >= 0.6 is 27.5 Å². The molecule has 10 heteroatoms. The highest BCUT2D eigenvalue weighted by molar-refractivity contribution is 9.10. The summed E-state index contributed by atoms with van der Waals surface area (Å²) in [4.78, 5) is 32.1. The van der Waals surface area contributed by atoms with Crippen LogP contribution in [0.2, 0.25) is 5.15 Å². The van der Waals surface area contributed by atoms with Crippen molar-refractivity contribution in [2.24, 2.45) is 0 Å². The second kappa shape index (κ2) is 9.83. The van der Waals surface area contributed by atoms with E-state index >= 15 is 0 Å². The number of amides is 1. The van der Waals surface area contributed by atoms with Gasteiger partial charge in [-0.15, -0.1) is 0 Å². The van der Waals surface area contributed by atoms with Crippen molar-refractivity contribution >= 4 is 51.0 Å². The summed E-state index contributed by atoms with van der Waals surface area (Å²) >= 11 is 9.45. The highest BCUT2D eigenvalue weighted by atomic mass is 79.9. The van der Waals surface area contributed by atoms with Gasteiger partial charge in [0.1, 0.15) is 5.15 Å². The van der Waals surface area contributed by atoms with E-state index in [1.54, 1.807) is 43.5 Å². The third-order valence-electron chi connectivity index (χ3n) is 6.05. The molecule has 3 heterocycles. The Kier molecular flexibility index (Phi) is 6.59. The number of nitrogens with zero attached hydrogens (tertiary/aromatic N) is 2. The number of anilines is 1. The number of methoxy groups -OCH3 is 1. The van der Waals surface area contributed by atoms with Gasteiger partial charge in [0.25, 0.3) is 5.91 Å². The zero-order chi connectivity index (χ0) is 25.4. The number of ketones is 1. The summed E-state index contributed by atoms with van der Waals surface area (Å²) in [6.45, 7) is 0.707. The Hall–Kier alpha value is -3.56. The van der Waals surface area contributed by atoms with E-state index in [4.69, 9.17) is 25.8 Å². The predicted octanol–water partition coefficient (Wildman–Crippen LogP) is 5.20. The van der Waals surface area contributed by atoms with Gasteiger partial charge < -0.3 is 24.4 Å². The van der Waals surface area contributed by atoms with Crippen LogP contribution in [0, 0.1) is 0 Å². The quantitative estimate of drug-likeness (QED) is 0.333. The number of aromatic nitrogens is 1. The first-order valence-corrected chi connectivity index (χ1v) is 12.2. The minimum absolute atomic E-state index is 0.104. The number of nitrogens with one attached hydrogen (secondary N) is 1. The molecule has 0 unspecified atom stereocenters. The summed E-state index contributed by atoms with van der Waals surface area (Å²) < 4.78 is 17.8. The fourth-order valence-electron chi connectivity index (χ4n) is 4.21. The third-order valence-corrected chi connectivity index (χ3v) is 7.11. The zero-order valence-electron chi connectivity index (χ0n) is 19.4. The molecule has 184 valence electrons. The van der Waals surface area contributed by atoms with E-state index in [-0.39, 0.29) is 18.5 Å². The van der Waals surface area contributed by atoms with Gasteiger partial charge in [-0.1, -0.05) is 23.7 Å². The molecule has 0 saturated heterocycles. The van der Waals surface area contributed by atoms with Crippen molar-refractivity contribution < 1.29 is 23.8 Å². The van der Waals surface area contributed by atoms with Crippen LogP contribution in [0.25, 0.3) is 6.08 Å². The maximum absolute atomic E-state index is 13.7. The van der Waals surface area contributed by atoms with Crippen molar-refractivity contribution in [3.05, 3.63) is 80.2 Å². The molecule has 1 amide bonds. The number of pyridine rings is 1. The fourth-order valence-corrected chi connectivity index (χ4v) is 5.03. The predicted molar refractivity (Wildman–Crippen MR) is 139 cm³/mol. The van der Waals surface area contributed by atoms with Crippen LogP contribution in [0.3, 0.4) is 0 Å². The molecule has 3 aromatic rings. The van der Waals surface area contributed by atoms with Crippen LogP contribution in [-0.2, 0) is 6.42 Å². The average Bonchev–Trinajstić information content (AvgIpc) is 3.30. The van der Waals surface area contributed by atoms with Crippen LogP contribution in [0.5, 0.6) is 17.2 Å². The fraction of sp³-hybridized carbons (Fsp3) is 0.192. The van der Waals surface area contributed by atoms with Gasteiger partial charge in [0.15, 0.2) is 11.5 Å². The molecule has 1 aromatic heterocycles. The second-order valence-corrected chi connectivity index (χ2v) is 9.42. The molecular formula is C26H21BrClN3O5. The highest BCUT2D eigenvalue weighted by Crippen LogP contribution is 2.51. The number of likely N-dealkylation sites (N-methyl/N-ethyl adjacent to an activating group) is 1. The first kappa shape index (κ1) is 24.1. The lowest BCUT2D eigenvalue weighted by molar-refractivity contribution is 0.0997. The molecule has 0 radical (unpaired) electrons. The lowest BCUT2D eigenvalue weighted by Crippen LogP contribution is -2.24. The maximum Gasteiger partial charge on any atom is 0.257 e. The number of benzene rings is 2.